The molecule has 0 radical (unpaired) electrons. The monoisotopic (exact) mass is 360 g/mol. The minimum Gasteiger partial charge on any atom is -0.355 e. The van der Waals surface area contributed by atoms with E-state index in [1.54, 1.807) is 0 Å². The van der Waals surface area contributed by atoms with Gasteiger partial charge in [-0.25, -0.2) is 0 Å². The van der Waals surface area contributed by atoms with E-state index < -0.39 is 0 Å². The molecule has 0 fully saturated rings. The lowest BCUT2D eigenvalue weighted by Gasteiger charge is -2.15. The van der Waals surface area contributed by atoms with Crippen LogP contribution in [0.15, 0.2) is 35.5 Å². The average Bonchev–Trinajstić information content (AvgIpc) is 3.01. The van der Waals surface area contributed by atoms with Crippen LogP contribution < -0.4 is 5.32 Å². The fraction of sp³-hybridized carbons (Fsp3) is 0.526. The smallest absolute Gasteiger partial charge is 0.230 e. The van der Waals surface area contributed by atoms with Crippen molar-refractivity contribution in [1.82, 2.24) is 20.1 Å². The maximum atomic E-state index is 12.1. The molecular formula is C19H28N4OS. The Kier molecular flexibility index (Phi) is 7.98. The number of unbranched alkanes of at least 4 members (excludes halogenated alkanes) is 1. The van der Waals surface area contributed by atoms with Crippen molar-refractivity contribution in [3.63, 3.8) is 0 Å². The van der Waals surface area contributed by atoms with Gasteiger partial charge in [0.2, 0.25) is 5.91 Å². The number of aromatic nitrogens is 3. The summed E-state index contributed by atoms with van der Waals surface area (Å²) in [5.74, 6) is 1.82. The quantitative estimate of drug-likeness (QED) is 0.653. The predicted molar refractivity (Wildman–Crippen MR) is 103 cm³/mol. The first-order valence-electron chi connectivity index (χ1n) is 9.00. The van der Waals surface area contributed by atoms with Crippen LogP contribution in [0, 0.1) is 5.92 Å². The summed E-state index contributed by atoms with van der Waals surface area (Å²) in [6.07, 6.45) is 4.72. The molecule has 0 aliphatic heterocycles. The summed E-state index contributed by atoms with van der Waals surface area (Å²) in [7, 11) is 1.93. The van der Waals surface area contributed by atoms with Crippen molar-refractivity contribution in [2.45, 2.75) is 44.7 Å². The minimum absolute atomic E-state index is 0.0595. The number of benzene rings is 1. The lowest BCUT2D eigenvalue weighted by molar-refractivity contribution is -0.118. The van der Waals surface area contributed by atoms with Gasteiger partial charge in [0.25, 0.3) is 0 Å². The van der Waals surface area contributed by atoms with E-state index in [0.717, 1.165) is 29.5 Å². The molecule has 136 valence electrons. The number of hydrogen-bond donors (Lipinski definition) is 1. The SMILES string of the molecule is CCCC[C@@H](CC)CNC(=O)CSc1nnc(-c2ccccc2)n1C. The average molecular weight is 361 g/mol. The zero-order chi connectivity index (χ0) is 18.1. The normalized spacial score (nSPS) is 12.1. The van der Waals surface area contributed by atoms with Gasteiger partial charge in [-0.3, -0.25) is 4.79 Å². The van der Waals surface area contributed by atoms with Crippen molar-refractivity contribution in [2.75, 3.05) is 12.3 Å². The van der Waals surface area contributed by atoms with Crippen LogP contribution in [0.2, 0.25) is 0 Å². The molecule has 2 aromatic rings. The molecule has 0 unspecified atom stereocenters. The highest BCUT2D eigenvalue weighted by molar-refractivity contribution is 7.99. The number of carbonyl (C=O) groups is 1. The number of nitrogens with zero attached hydrogens (tertiary/aromatic N) is 3. The molecule has 5 nitrogen and oxygen atoms in total. The lowest BCUT2D eigenvalue weighted by atomic mass is 9.99. The molecule has 0 aliphatic carbocycles. The molecule has 0 bridgehead atoms. The molecule has 25 heavy (non-hydrogen) atoms. The summed E-state index contributed by atoms with van der Waals surface area (Å²) in [6.45, 7) is 5.16. The van der Waals surface area contributed by atoms with Crippen LogP contribution in [0.25, 0.3) is 11.4 Å². The fourth-order valence-corrected chi connectivity index (χ4v) is 3.40. The maximum absolute atomic E-state index is 12.1. The lowest BCUT2D eigenvalue weighted by Crippen LogP contribution is -2.30. The Bertz CT molecular complexity index is 657. The Morgan fingerprint density at radius 3 is 2.68 bits per heavy atom. The second kappa shape index (κ2) is 10.2. The zero-order valence-electron chi connectivity index (χ0n) is 15.4. The van der Waals surface area contributed by atoms with Gasteiger partial charge in [0.15, 0.2) is 11.0 Å². The summed E-state index contributed by atoms with van der Waals surface area (Å²) in [6, 6.07) is 9.95. The first-order chi connectivity index (χ1) is 12.2. The van der Waals surface area contributed by atoms with Gasteiger partial charge < -0.3 is 9.88 Å². The molecular weight excluding hydrogens is 332 g/mol. The van der Waals surface area contributed by atoms with Gasteiger partial charge >= 0.3 is 0 Å². The van der Waals surface area contributed by atoms with Crippen molar-refractivity contribution in [3.05, 3.63) is 30.3 Å². The Labute approximate surface area is 154 Å². The Morgan fingerprint density at radius 1 is 1.24 bits per heavy atom. The second-order valence-electron chi connectivity index (χ2n) is 6.24. The number of amides is 1. The molecule has 1 heterocycles. The molecule has 0 saturated carbocycles. The van der Waals surface area contributed by atoms with Crippen LogP contribution in [0.4, 0.5) is 0 Å². The van der Waals surface area contributed by atoms with Gasteiger partial charge in [-0.05, 0) is 12.3 Å². The summed E-state index contributed by atoms with van der Waals surface area (Å²) < 4.78 is 1.93. The number of thioether (sulfide) groups is 1. The van der Waals surface area contributed by atoms with Gasteiger partial charge in [0.05, 0.1) is 5.75 Å². The van der Waals surface area contributed by atoms with E-state index in [4.69, 9.17) is 0 Å². The fourth-order valence-electron chi connectivity index (χ4n) is 2.66. The third-order valence-electron chi connectivity index (χ3n) is 4.33. The van der Waals surface area contributed by atoms with E-state index in [2.05, 4.69) is 29.4 Å². The van der Waals surface area contributed by atoms with Gasteiger partial charge in [0.1, 0.15) is 0 Å². The summed E-state index contributed by atoms with van der Waals surface area (Å²) in [5.41, 5.74) is 1.02. The van der Waals surface area contributed by atoms with Crippen LogP contribution in [0.1, 0.15) is 39.5 Å². The first-order valence-corrected chi connectivity index (χ1v) is 9.98. The molecule has 1 N–H and O–H groups in total. The summed E-state index contributed by atoms with van der Waals surface area (Å²) in [5, 5.41) is 12.3. The van der Waals surface area contributed by atoms with Gasteiger partial charge in [-0.1, -0.05) is 75.2 Å². The maximum Gasteiger partial charge on any atom is 0.230 e. The van der Waals surface area contributed by atoms with Gasteiger partial charge in [-0.2, -0.15) is 0 Å². The second-order valence-corrected chi connectivity index (χ2v) is 7.18. The standard InChI is InChI=1S/C19H28N4OS/c1-4-6-10-15(5-2)13-20-17(24)14-25-19-22-21-18(23(19)3)16-11-8-7-9-12-16/h7-9,11-12,15H,4-6,10,13-14H2,1-3H3,(H,20,24)/t15-/m1/s1. The van der Waals surface area contributed by atoms with E-state index in [-0.39, 0.29) is 5.91 Å². The Balaban J connectivity index is 1.83. The highest BCUT2D eigenvalue weighted by Gasteiger charge is 2.13. The van der Waals surface area contributed by atoms with Crippen molar-refractivity contribution in [2.24, 2.45) is 13.0 Å². The predicted octanol–water partition coefficient (Wildman–Crippen LogP) is 3.91. The number of carbonyl (C=O) groups excluding carboxylic acids is 1. The number of nitrogens with one attached hydrogen (secondary N) is 1. The molecule has 1 aromatic heterocycles. The van der Waals surface area contributed by atoms with Crippen LogP contribution >= 0.6 is 11.8 Å². The van der Waals surface area contributed by atoms with Crippen molar-refractivity contribution >= 4 is 17.7 Å². The zero-order valence-corrected chi connectivity index (χ0v) is 16.2. The summed E-state index contributed by atoms with van der Waals surface area (Å²) >= 11 is 1.43. The molecule has 6 heteroatoms. The van der Waals surface area contributed by atoms with Crippen LogP contribution in [-0.4, -0.2) is 33.0 Å². The van der Waals surface area contributed by atoms with Crippen LogP contribution in [-0.2, 0) is 11.8 Å². The topological polar surface area (TPSA) is 59.8 Å². The van der Waals surface area contributed by atoms with E-state index >= 15 is 0 Å². The third kappa shape index (κ3) is 5.88. The van der Waals surface area contributed by atoms with Crippen molar-refractivity contribution in [1.29, 1.82) is 0 Å². The molecule has 0 saturated heterocycles. The van der Waals surface area contributed by atoms with Crippen molar-refractivity contribution < 1.29 is 4.79 Å². The molecule has 1 amide bonds. The Morgan fingerprint density at radius 2 is 2.00 bits per heavy atom. The van der Waals surface area contributed by atoms with Gasteiger partial charge in [-0.15, -0.1) is 10.2 Å². The van der Waals surface area contributed by atoms with Gasteiger partial charge in [0, 0.05) is 19.2 Å². The Hall–Kier alpha value is -1.82. The molecule has 2 rings (SSSR count). The highest BCUT2D eigenvalue weighted by atomic mass is 32.2. The van der Waals surface area contributed by atoms with E-state index in [1.165, 1.54) is 31.0 Å². The first kappa shape index (κ1) is 19.5. The largest absolute Gasteiger partial charge is 0.355 e. The number of hydrogen-bond acceptors (Lipinski definition) is 4. The molecule has 1 aromatic carbocycles. The molecule has 0 aliphatic rings. The van der Waals surface area contributed by atoms with Crippen molar-refractivity contribution in [3.8, 4) is 11.4 Å². The van der Waals surface area contributed by atoms with E-state index in [9.17, 15) is 4.79 Å². The minimum atomic E-state index is 0.0595. The summed E-state index contributed by atoms with van der Waals surface area (Å²) in [4.78, 5) is 12.1. The number of rotatable bonds is 10. The van der Waals surface area contributed by atoms with E-state index in [0.29, 0.717) is 11.7 Å². The van der Waals surface area contributed by atoms with E-state index in [1.807, 2.05) is 41.9 Å². The molecule has 0 spiro atoms. The van der Waals surface area contributed by atoms with Crippen LogP contribution in [0.3, 0.4) is 0 Å². The third-order valence-corrected chi connectivity index (χ3v) is 5.35. The van der Waals surface area contributed by atoms with Crippen LogP contribution in [0.5, 0.6) is 0 Å². The molecule has 1 atom stereocenters. The highest BCUT2D eigenvalue weighted by Crippen LogP contribution is 2.22.